The van der Waals surface area contributed by atoms with Crippen LogP contribution in [0.5, 0.6) is 11.5 Å². The van der Waals surface area contributed by atoms with Gasteiger partial charge in [0.25, 0.3) is 0 Å². The lowest BCUT2D eigenvalue weighted by Gasteiger charge is -2.16. The molecule has 238 valence electrons. The highest BCUT2D eigenvalue weighted by Gasteiger charge is 2.44. The molecule has 2 aliphatic heterocycles. The number of benzene rings is 4. The third kappa shape index (κ3) is 8.23. The Labute approximate surface area is 265 Å². The molecule has 2 heterocycles. The molecule has 2 fully saturated rings. The van der Waals surface area contributed by atoms with Crippen LogP contribution in [0, 0.1) is 0 Å². The summed E-state index contributed by atoms with van der Waals surface area (Å²) in [5.74, 6) is -1.61. The van der Waals surface area contributed by atoms with E-state index in [9.17, 15) is 19.2 Å². The van der Waals surface area contributed by atoms with Gasteiger partial charge in [0.05, 0.1) is 23.8 Å². The highest BCUT2D eigenvalue weighted by molar-refractivity contribution is 5.97. The Balaban J connectivity index is 0.000000211. The summed E-state index contributed by atoms with van der Waals surface area (Å²) in [6.45, 7) is 11.7. The summed E-state index contributed by atoms with van der Waals surface area (Å²) in [7, 11) is 0. The third-order valence-electron chi connectivity index (χ3n) is 7.05. The summed E-state index contributed by atoms with van der Waals surface area (Å²) >= 11 is 0. The summed E-state index contributed by atoms with van der Waals surface area (Å²) in [5, 5.41) is 12.1. The van der Waals surface area contributed by atoms with Crippen LogP contribution in [0.3, 0.4) is 0 Å². The maximum Gasteiger partial charge on any atom is 0.338 e. The first-order valence-electron chi connectivity index (χ1n) is 14.7. The second-order valence-corrected chi connectivity index (χ2v) is 9.94. The fraction of sp³-hybridized carbons (Fsp3) is 0.222. The van der Waals surface area contributed by atoms with Crippen molar-refractivity contribution in [1.82, 2.24) is 0 Å². The number of hydrogen-bond acceptors (Lipinski definition) is 9. The van der Waals surface area contributed by atoms with E-state index in [1.807, 2.05) is 13.8 Å². The monoisotopic (exact) mass is 626 g/mol. The zero-order valence-electron chi connectivity index (χ0n) is 25.5. The standard InChI is InChI=1S/C20H18O6.C14H10O4.C2H6/c1-2-18(21)25-15-6-5-12-9-14(4-3-13(12)10-15)20(22)26-17-11-24-16-7-8-23-19(16)17;1-2-13(15)18-12-6-5-9-7-11(14(16)17)4-3-10(9)8-12;1-2/h2-6,9-10,16-17,19H,1,7-8,11H2;2-8H,1H2,(H,16,17);1-2H3/t16?,17-,19?;;/m1../s1. The Morgan fingerprint density at radius 3 is 1.78 bits per heavy atom. The molecule has 2 unspecified atom stereocenters. The number of esters is 3. The predicted octanol–water partition coefficient (Wildman–Crippen LogP) is 6.30. The van der Waals surface area contributed by atoms with Gasteiger partial charge in [-0.1, -0.05) is 51.3 Å². The molecular weight excluding hydrogens is 592 g/mol. The summed E-state index contributed by atoms with van der Waals surface area (Å²) < 4.78 is 26.9. The lowest BCUT2D eigenvalue weighted by atomic mass is 10.1. The van der Waals surface area contributed by atoms with Crippen molar-refractivity contribution in [3.05, 3.63) is 109 Å². The summed E-state index contributed by atoms with van der Waals surface area (Å²) in [5.41, 5.74) is 0.674. The van der Waals surface area contributed by atoms with Crippen molar-refractivity contribution in [3.63, 3.8) is 0 Å². The molecule has 4 aromatic carbocycles. The first-order valence-corrected chi connectivity index (χ1v) is 14.7. The molecule has 6 rings (SSSR count). The van der Waals surface area contributed by atoms with E-state index in [1.165, 1.54) is 6.07 Å². The molecule has 1 N–H and O–H groups in total. The van der Waals surface area contributed by atoms with Gasteiger partial charge in [-0.2, -0.15) is 0 Å². The van der Waals surface area contributed by atoms with Crippen molar-refractivity contribution >= 4 is 45.4 Å². The van der Waals surface area contributed by atoms with E-state index in [4.69, 9.17) is 28.8 Å². The number of carbonyl (C=O) groups excluding carboxylic acids is 3. The van der Waals surface area contributed by atoms with Gasteiger partial charge in [-0.15, -0.1) is 0 Å². The van der Waals surface area contributed by atoms with E-state index in [1.54, 1.807) is 66.7 Å². The molecule has 0 aliphatic carbocycles. The Kier molecular flexibility index (Phi) is 11.4. The van der Waals surface area contributed by atoms with Crippen LogP contribution < -0.4 is 9.47 Å². The number of ether oxygens (including phenoxy) is 5. The SMILES string of the molecule is C=CC(=O)Oc1ccc2cc(C(=O)O)ccc2c1.C=CC(=O)Oc1ccc2cc(C(=O)O[C@@H]3COC4CCOC43)ccc2c1.CC. The van der Waals surface area contributed by atoms with Crippen LogP contribution in [-0.2, 0) is 23.8 Å². The van der Waals surface area contributed by atoms with Crippen molar-refractivity contribution in [2.24, 2.45) is 0 Å². The number of carboxylic acids is 1. The van der Waals surface area contributed by atoms with Crippen LogP contribution in [0.15, 0.2) is 98.1 Å². The van der Waals surface area contributed by atoms with Crippen LogP contribution in [-0.4, -0.2) is 60.5 Å². The van der Waals surface area contributed by atoms with Crippen molar-refractivity contribution in [2.75, 3.05) is 13.2 Å². The topological polar surface area (TPSA) is 135 Å². The van der Waals surface area contributed by atoms with Crippen molar-refractivity contribution in [3.8, 4) is 11.5 Å². The zero-order chi connectivity index (χ0) is 33.2. The van der Waals surface area contributed by atoms with Crippen LogP contribution in [0.4, 0.5) is 0 Å². The van der Waals surface area contributed by atoms with Gasteiger partial charge in [0.15, 0.2) is 6.10 Å². The lowest BCUT2D eigenvalue weighted by Crippen LogP contribution is -2.32. The number of hydrogen-bond donors (Lipinski definition) is 1. The molecule has 46 heavy (non-hydrogen) atoms. The molecule has 3 atom stereocenters. The van der Waals surface area contributed by atoms with E-state index < -0.39 is 23.9 Å². The molecule has 0 saturated carbocycles. The molecule has 0 amide bonds. The third-order valence-corrected chi connectivity index (χ3v) is 7.05. The number of rotatable bonds is 7. The molecule has 10 nitrogen and oxygen atoms in total. The Hall–Kier alpha value is -5.32. The van der Waals surface area contributed by atoms with Gasteiger partial charge in [-0.05, 0) is 76.5 Å². The first-order chi connectivity index (χ1) is 22.2. The van der Waals surface area contributed by atoms with Gasteiger partial charge < -0.3 is 28.8 Å². The van der Waals surface area contributed by atoms with Crippen LogP contribution in [0.2, 0.25) is 0 Å². The molecular formula is C36H34O10. The molecule has 0 aromatic heterocycles. The number of fused-ring (bicyclic) bond motifs is 3. The average Bonchev–Trinajstić information content (AvgIpc) is 3.70. The molecule has 4 aromatic rings. The highest BCUT2D eigenvalue weighted by atomic mass is 16.6. The van der Waals surface area contributed by atoms with Crippen molar-refractivity contribution in [1.29, 1.82) is 0 Å². The molecule has 0 radical (unpaired) electrons. The van der Waals surface area contributed by atoms with Gasteiger partial charge in [0, 0.05) is 18.8 Å². The molecule has 2 saturated heterocycles. The van der Waals surface area contributed by atoms with Crippen LogP contribution >= 0.6 is 0 Å². The largest absolute Gasteiger partial charge is 0.478 e. The highest BCUT2D eigenvalue weighted by Crippen LogP contribution is 2.29. The number of carboxylic acid groups (broad SMARTS) is 1. The van der Waals surface area contributed by atoms with E-state index in [-0.39, 0.29) is 23.9 Å². The fourth-order valence-corrected chi connectivity index (χ4v) is 4.89. The second-order valence-electron chi connectivity index (χ2n) is 9.94. The Morgan fingerprint density at radius 1 is 0.739 bits per heavy atom. The van der Waals surface area contributed by atoms with Gasteiger partial charge in [0.1, 0.15) is 17.6 Å². The molecule has 0 bridgehead atoms. The minimum Gasteiger partial charge on any atom is -0.478 e. The molecule has 0 spiro atoms. The second kappa shape index (κ2) is 15.6. The fourth-order valence-electron chi connectivity index (χ4n) is 4.89. The summed E-state index contributed by atoms with van der Waals surface area (Å²) in [4.78, 5) is 45.6. The maximum atomic E-state index is 12.5. The quantitative estimate of drug-likeness (QED) is 0.141. The number of aromatic carboxylic acids is 1. The van der Waals surface area contributed by atoms with E-state index in [0.29, 0.717) is 30.3 Å². The molecule has 2 aliphatic rings. The van der Waals surface area contributed by atoms with Gasteiger partial charge in [0.2, 0.25) is 0 Å². The Morgan fingerprint density at radius 2 is 1.24 bits per heavy atom. The van der Waals surface area contributed by atoms with Crippen molar-refractivity contribution in [2.45, 2.75) is 38.6 Å². The van der Waals surface area contributed by atoms with E-state index in [0.717, 1.165) is 40.1 Å². The zero-order valence-corrected chi connectivity index (χ0v) is 25.5. The van der Waals surface area contributed by atoms with Gasteiger partial charge in [-0.3, -0.25) is 0 Å². The van der Waals surface area contributed by atoms with Crippen molar-refractivity contribution < 1.29 is 48.0 Å². The summed E-state index contributed by atoms with van der Waals surface area (Å²) in [6, 6.07) is 20.1. The smallest absolute Gasteiger partial charge is 0.338 e. The first kappa shape index (κ1) is 33.6. The predicted molar refractivity (Wildman–Crippen MR) is 171 cm³/mol. The number of carbonyl (C=O) groups is 4. The van der Waals surface area contributed by atoms with E-state index in [2.05, 4.69) is 13.2 Å². The van der Waals surface area contributed by atoms with E-state index >= 15 is 0 Å². The van der Waals surface area contributed by atoms with Gasteiger partial charge >= 0.3 is 23.9 Å². The minimum absolute atomic E-state index is 0.0288. The van der Waals surface area contributed by atoms with Crippen LogP contribution in [0.1, 0.15) is 41.0 Å². The van der Waals surface area contributed by atoms with Gasteiger partial charge in [-0.25, -0.2) is 19.2 Å². The average molecular weight is 627 g/mol. The Bertz CT molecular complexity index is 1780. The normalized spacial score (nSPS) is 17.7. The molecule has 10 heteroatoms. The summed E-state index contributed by atoms with van der Waals surface area (Å²) in [6.07, 6.45) is 2.52. The minimum atomic E-state index is -0.973. The maximum absolute atomic E-state index is 12.5. The van der Waals surface area contributed by atoms with Crippen LogP contribution in [0.25, 0.3) is 21.5 Å². The lowest BCUT2D eigenvalue weighted by molar-refractivity contribution is -0.129.